The summed E-state index contributed by atoms with van der Waals surface area (Å²) in [4.78, 5) is 25.7. The highest BCUT2D eigenvalue weighted by Crippen LogP contribution is 2.18. The van der Waals surface area contributed by atoms with Gasteiger partial charge in [0.2, 0.25) is 11.8 Å². The van der Waals surface area contributed by atoms with Crippen LogP contribution in [0.5, 0.6) is 0 Å². The molecule has 0 aromatic carbocycles. The minimum absolute atomic E-state index is 0.0278. The van der Waals surface area contributed by atoms with E-state index in [2.05, 4.69) is 10.6 Å². The standard InChI is InChI=1S/C14H27N3O2/c1-14(2,3)8-12(18)16-10-13(19)17-7-5-6-11(17)9-15-4/h11,15H,5-10H2,1-4H3,(H,16,18). The number of rotatable bonds is 5. The largest absolute Gasteiger partial charge is 0.347 e. The summed E-state index contributed by atoms with van der Waals surface area (Å²) in [6, 6.07) is 0.275. The van der Waals surface area contributed by atoms with Crippen molar-refractivity contribution in [2.75, 3.05) is 26.7 Å². The average molecular weight is 269 g/mol. The first-order valence-electron chi connectivity index (χ1n) is 7.04. The van der Waals surface area contributed by atoms with Crippen molar-refractivity contribution in [2.45, 2.75) is 46.1 Å². The number of amides is 2. The van der Waals surface area contributed by atoms with Crippen molar-refractivity contribution in [3.63, 3.8) is 0 Å². The molecule has 1 aliphatic heterocycles. The van der Waals surface area contributed by atoms with Crippen molar-refractivity contribution < 1.29 is 9.59 Å². The van der Waals surface area contributed by atoms with Crippen molar-refractivity contribution in [2.24, 2.45) is 5.41 Å². The van der Waals surface area contributed by atoms with E-state index in [0.717, 1.165) is 25.9 Å². The lowest BCUT2D eigenvalue weighted by molar-refractivity contribution is -0.133. The molecule has 19 heavy (non-hydrogen) atoms. The molecule has 5 nitrogen and oxygen atoms in total. The van der Waals surface area contributed by atoms with Gasteiger partial charge in [-0.05, 0) is 25.3 Å². The molecule has 0 saturated carbocycles. The van der Waals surface area contributed by atoms with Crippen molar-refractivity contribution in [3.05, 3.63) is 0 Å². The number of likely N-dealkylation sites (N-methyl/N-ethyl adjacent to an activating group) is 1. The number of hydrogen-bond acceptors (Lipinski definition) is 3. The Bertz CT molecular complexity index is 323. The van der Waals surface area contributed by atoms with Gasteiger partial charge in [-0.1, -0.05) is 20.8 Å². The molecule has 1 heterocycles. The molecule has 1 aliphatic rings. The third-order valence-corrected chi connectivity index (χ3v) is 3.26. The maximum absolute atomic E-state index is 12.1. The molecule has 0 aliphatic carbocycles. The van der Waals surface area contributed by atoms with Crippen LogP contribution in [0.3, 0.4) is 0 Å². The molecule has 0 aromatic heterocycles. The molecular weight excluding hydrogens is 242 g/mol. The summed E-state index contributed by atoms with van der Waals surface area (Å²) in [7, 11) is 1.89. The number of likely N-dealkylation sites (tertiary alicyclic amines) is 1. The van der Waals surface area contributed by atoms with Crippen molar-refractivity contribution in [1.29, 1.82) is 0 Å². The highest BCUT2D eigenvalue weighted by atomic mass is 16.2. The van der Waals surface area contributed by atoms with E-state index in [-0.39, 0.29) is 29.8 Å². The fourth-order valence-corrected chi connectivity index (χ4v) is 2.43. The number of nitrogens with one attached hydrogen (secondary N) is 2. The third-order valence-electron chi connectivity index (χ3n) is 3.26. The Hall–Kier alpha value is -1.10. The molecule has 1 fully saturated rings. The highest BCUT2D eigenvalue weighted by Gasteiger charge is 2.28. The van der Waals surface area contributed by atoms with Gasteiger partial charge in [0.05, 0.1) is 6.54 Å². The molecule has 0 radical (unpaired) electrons. The highest BCUT2D eigenvalue weighted by molar-refractivity contribution is 5.85. The zero-order chi connectivity index (χ0) is 14.5. The van der Waals surface area contributed by atoms with Crippen LogP contribution >= 0.6 is 0 Å². The van der Waals surface area contributed by atoms with Gasteiger partial charge >= 0.3 is 0 Å². The molecule has 5 heteroatoms. The first-order chi connectivity index (χ1) is 8.83. The Morgan fingerprint density at radius 3 is 2.58 bits per heavy atom. The zero-order valence-corrected chi connectivity index (χ0v) is 12.6. The first kappa shape index (κ1) is 16.0. The number of carbonyl (C=O) groups excluding carboxylic acids is 2. The molecule has 2 amide bonds. The number of nitrogens with zero attached hydrogens (tertiary/aromatic N) is 1. The van der Waals surface area contributed by atoms with E-state index in [1.165, 1.54) is 0 Å². The van der Waals surface area contributed by atoms with Gasteiger partial charge in [-0.15, -0.1) is 0 Å². The van der Waals surface area contributed by atoms with E-state index < -0.39 is 0 Å². The Labute approximate surface area is 116 Å². The molecule has 1 saturated heterocycles. The minimum atomic E-state index is -0.0507. The lowest BCUT2D eigenvalue weighted by atomic mass is 9.92. The van der Waals surface area contributed by atoms with E-state index in [4.69, 9.17) is 0 Å². The van der Waals surface area contributed by atoms with E-state index in [1.54, 1.807) is 0 Å². The zero-order valence-electron chi connectivity index (χ0n) is 12.6. The van der Waals surface area contributed by atoms with Crippen LogP contribution in [-0.4, -0.2) is 49.4 Å². The van der Waals surface area contributed by atoms with Gasteiger partial charge in [-0.3, -0.25) is 9.59 Å². The molecule has 0 aromatic rings. The monoisotopic (exact) mass is 269 g/mol. The van der Waals surface area contributed by atoms with Crippen LogP contribution in [-0.2, 0) is 9.59 Å². The quantitative estimate of drug-likeness (QED) is 0.774. The van der Waals surface area contributed by atoms with E-state index in [0.29, 0.717) is 6.42 Å². The predicted molar refractivity (Wildman–Crippen MR) is 75.7 cm³/mol. The van der Waals surface area contributed by atoms with Crippen LogP contribution in [0.1, 0.15) is 40.0 Å². The first-order valence-corrected chi connectivity index (χ1v) is 7.04. The predicted octanol–water partition coefficient (Wildman–Crippen LogP) is 0.749. The Morgan fingerprint density at radius 1 is 1.32 bits per heavy atom. The van der Waals surface area contributed by atoms with Crippen molar-refractivity contribution >= 4 is 11.8 Å². The van der Waals surface area contributed by atoms with Crippen molar-refractivity contribution in [3.8, 4) is 0 Å². The van der Waals surface area contributed by atoms with Crippen LogP contribution in [0.2, 0.25) is 0 Å². The second-order valence-corrected chi connectivity index (χ2v) is 6.46. The van der Waals surface area contributed by atoms with Crippen LogP contribution in [0, 0.1) is 5.41 Å². The topological polar surface area (TPSA) is 61.4 Å². The average Bonchev–Trinajstić information content (AvgIpc) is 2.72. The Morgan fingerprint density at radius 2 is 2.00 bits per heavy atom. The summed E-state index contributed by atoms with van der Waals surface area (Å²) in [5.74, 6) is -0.0229. The fraction of sp³-hybridized carbons (Fsp3) is 0.857. The van der Waals surface area contributed by atoms with E-state index in [9.17, 15) is 9.59 Å². The Balaban J connectivity index is 2.36. The minimum Gasteiger partial charge on any atom is -0.347 e. The maximum atomic E-state index is 12.1. The summed E-state index contributed by atoms with van der Waals surface area (Å²) in [5.41, 5.74) is -0.0462. The van der Waals surface area contributed by atoms with Gasteiger partial charge in [-0.25, -0.2) is 0 Å². The van der Waals surface area contributed by atoms with Crippen LogP contribution in [0.4, 0.5) is 0 Å². The molecule has 0 bridgehead atoms. The fourth-order valence-electron chi connectivity index (χ4n) is 2.43. The molecule has 1 unspecified atom stereocenters. The lowest BCUT2D eigenvalue weighted by Crippen LogP contribution is -2.45. The summed E-state index contributed by atoms with van der Waals surface area (Å²) in [6.07, 6.45) is 2.54. The molecule has 110 valence electrons. The molecule has 0 spiro atoms. The summed E-state index contributed by atoms with van der Waals surface area (Å²) in [6.45, 7) is 7.78. The summed E-state index contributed by atoms with van der Waals surface area (Å²) >= 11 is 0. The van der Waals surface area contributed by atoms with Gasteiger partial charge in [0.15, 0.2) is 0 Å². The van der Waals surface area contributed by atoms with Gasteiger partial charge in [0, 0.05) is 25.6 Å². The second-order valence-electron chi connectivity index (χ2n) is 6.46. The Kier molecular flexibility index (Phi) is 5.79. The molecule has 1 rings (SSSR count). The normalized spacial score (nSPS) is 19.6. The third kappa shape index (κ3) is 5.59. The molecular formula is C14H27N3O2. The van der Waals surface area contributed by atoms with Gasteiger partial charge in [0.1, 0.15) is 0 Å². The second kappa shape index (κ2) is 6.89. The van der Waals surface area contributed by atoms with Crippen LogP contribution in [0.15, 0.2) is 0 Å². The molecule has 2 N–H and O–H groups in total. The van der Waals surface area contributed by atoms with Gasteiger partial charge in [-0.2, -0.15) is 0 Å². The number of carbonyl (C=O) groups is 2. The van der Waals surface area contributed by atoms with E-state index >= 15 is 0 Å². The number of hydrogen-bond donors (Lipinski definition) is 2. The smallest absolute Gasteiger partial charge is 0.242 e. The van der Waals surface area contributed by atoms with Gasteiger partial charge in [0.25, 0.3) is 0 Å². The van der Waals surface area contributed by atoms with Crippen LogP contribution in [0.25, 0.3) is 0 Å². The SMILES string of the molecule is CNCC1CCCN1C(=O)CNC(=O)CC(C)(C)C. The van der Waals surface area contributed by atoms with Crippen LogP contribution < -0.4 is 10.6 Å². The summed E-state index contributed by atoms with van der Waals surface area (Å²) < 4.78 is 0. The van der Waals surface area contributed by atoms with E-state index in [1.807, 2.05) is 32.7 Å². The summed E-state index contributed by atoms with van der Waals surface area (Å²) in [5, 5.41) is 5.84. The molecule has 1 atom stereocenters. The maximum Gasteiger partial charge on any atom is 0.242 e. The van der Waals surface area contributed by atoms with Gasteiger partial charge < -0.3 is 15.5 Å². The van der Waals surface area contributed by atoms with Crippen molar-refractivity contribution in [1.82, 2.24) is 15.5 Å². The lowest BCUT2D eigenvalue weighted by Gasteiger charge is -2.25.